The maximum Gasteiger partial charge on any atom is 0.293 e. The zero-order valence-electron chi connectivity index (χ0n) is 9.59. The Labute approximate surface area is 102 Å². The number of nitro groups is 1. The fraction of sp³-hybridized carbons (Fsp3) is 0.300. The highest BCUT2D eigenvalue weighted by atomic mass is 19.1. The summed E-state index contributed by atoms with van der Waals surface area (Å²) in [5.41, 5.74) is 3.82. The van der Waals surface area contributed by atoms with E-state index in [1.807, 2.05) is 0 Å². The van der Waals surface area contributed by atoms with Crippen molar-refractivity contribution in [2.45, 2.75) is 0 Å². The summed E-state index contributed by atoms with van der Waals surface area (Å²) in [5, 5.41) is 19.3. The summed E-state index contributed by atoms with van der Waals surface area (Å²) in [5.74, 6) is -1.75. The third kappa shape index (κ3) is 2.54. The van der Waals surface area contributed by atoms with Crippen molar-refractivity contribution >= 4 is 17.3 Å². The lowest BCUT2D eigenvalue weighted by Crippen LogP contribution is -2.31. The van der Waals surface area contributed by atoms with Crippen molar-refractivity contribution in [3.63, 3.8) is 0 Å². The van der Waals surface area contributed by atoms with Crippen molar-refractivity contribution in [2.24, 2.45) is 0 Å². The third-order valence-corrected chi connectivity index (χ3v) is 2.36. The number of aliphatic hydroxyl groups excluding tert-OH is 1. The highest BCUT2D eigenvalue weighted by Crippen LogP contribution is 2.28. The standard InChI is InChI=1S/C10H12FN3O4/c1-13(4-5-15)10(16)8-6(11)2-3-7(9(8)12)14(17)18/h2-3,15H,4-5,12H2,1H3. The first-order valence-corrected chi connectivity index (χ1v) is 4.98. The number of anilines is 1. The van der Waals surface area contributed by atoms with E-state index in [4.69, 9.17) is 10.8 Å². The zero-order chi connectivity index (χ0) is 13.9. The number of carbonyl (C=O) groups is 1. The summed E-state index contributed by atoms with van der Waals surface area (Å²) in [6.45, 7) is -0.334. The first-order valence-electron chi connectivity index (χ1n) is 4.98. The summed E-state index contributed by atoms with van der Waals surface area (Å²) in [4.78, 5) is 22.7. The van der Waals surface area contributed by atoms with Crippen LogP contribution in [0.15, 0.2) is 12.1 Å². The lowest BCUT2D eigenvalue weighted by molar-refractivity contribution is -0.384. The quantitative estimate of drug-likeness (QED) is 0.460. The molecule has 1 aromatic rings. The molecule has 18 heavy (non-hydrogen) atoms. The van der Waals surface area contributed by atoms with Crippen LogP contribution in [0.4, 0.5) is 15.8 Å². The van der Waals surface area contributed by atoms with Crippen LogP contribution in [0.3, 0.4) is 0 Å². The van der Waals surface area contributed by atoms with Gasteiger partial charge in [0.1, 0.15) is 17.1 Å². The number of aliphatic hydroxyl groups is 1. The molecule has 1 rings (SSSR count). The van der Waals surface area contributed by atoms with E-state index in [0.29, 0.717) is 0 Å². The summed E-state index contributed by atoms with van der Waals surface area (Å²) >= 11 is 0. The first-order chi connectivity index (χ1) is 8.40. The van der Waals surface area contributed by atoms with Crippen LogP contribution in [0.5, 0.6) is 0 Å². The molecular weight excluding hydrogens is 245 g/mol. The third-order valence-electron chi connectivity index (χ3n) is 2.36. The van der Waals surface area contributed by atoms with Crippen molar-refractivity contribution < 1.29 is 19.2 Å². The lowest BCUT2D eigenvalue weighted by atomic mass is 10.1. The molecule has 1 amide bonds. The Morgan fingerprint density at radius 3 is 2.72 bits per heavy atom. The number of nitro benzene ring substituents is 1. The molecule has 8 heteroatoms. The fourth-order valence-corrected chi connectivity index (χ4v) is 1.40. The number of halogens is 1. The van der Waals surface area contributed by atoms with Gasteiger partial charge in [-0.05, 0) is 6.07 Å². The molecule has 0 heterocycles. The molecule has 98 valence electrons. The molecule has 0 saturated carbocycles. The Hall–Kier alpha value is -2.22. The molecule has 0 aliphatic rings. The van der Waals surface area contributed by atoms with Gasteiger partial charge in [-0.1, -0.05) is 0 Å². The minimum Gasteiger partial charge on any atom is -0.395 e. The summed E-state index contributed by atoms with van der Waals surface area (Å²) < 4.78 is 13.5. The molecule has 0 fully saturated rings. The molecule has 0 aliphatic carbocycles. The van der Waals surface area contributed by atoms with Gasteiger partial charge in [-0.15, -0.1) is 0 Å². The molecule has 0 bridgehead atoms. The average molecular weight is 257 g/mol. The molecule has 7 nitrogen and oxygen atoms in total. The minimum absolute atomic E-state index is 0.0274. The maximum atomic E-state index is 13.5. The van der Waals surface area contributed by atoms with E-state index in [-0.39, 0.29) is 13.2 Å². The highest BCUT2D eigenvalue weighted by molar-refractivity contribution is 6.01. The molecule has 3 N–H and O–H groups in total. The monoisotopic (exact) mass is 257 g/mol. The van der Waals surface area contributed by atoms with Crippen LogP contribution in [-0.4, -0.2) is 41.0 Å². The predicted molar refractivity (Wildman–Crippen MR) is 61.5 cm³/mol. The highest BCUT2D eigenvalue weighted by Gasteiger charge is 2.25. The van der Waals surface area contributed by atoms with Crippen LogP contribution in [0.25, 0.3) is 0 Å². The van der Waals surface area contributed by atoms with Gasteiger partial charge in [-0.25, -0.2) is 4.39 Å². The number of nitrogen functional groups attached to an aromatic ring is 1. The summed E-state index contributed by atoms with van der Waals surface area (Å²) in [7, 11) is 1.33. The number of benzene rings is 1. The first kappa shape index (κ1) is 13.8. The number of likely N-dealkylation sites (N-methyl/N-ethyl adjacent to an activating group) is 1. The van der Waals surface area contributed by atoms with Crippen LogP contribution in [0, 0.1) is 15.9 Å². The molecule has 0 aromatic heterocycles. The van der Waals surface area contributed by atoms with Crippen LogP contribution in [0.1, 0.15) is 10.4 Å². The van der Waals surface area contributed by atoms with E-state index >= 15 is 0 Å². The van der Waals surface area contributed by atoms with Crippen molar-refractivity contribution in [2.75, 3.05) is 25.9 Å². The van der Waals surface area contributed by atoms with Crippen molar-refractivity contribution in [1.29, 1.82) is 0 Å². The predicted octanol–water partition coefficient (Wildman–Crippen LogP) is 0.380. The number of hydrogen-bond donors (Lipinski definition) is 2. The molecule has 0 atom stereocenters. The molecule has 0 spiro atoms. The zero-order valence-corrected chi connectivity index (χ0v) is 9.59. The van der Waals surface area contributed by atoms with E-state index in [1.54, 1.807) is 0 Å². The summed E-state index contributed by atoms with van der Waals surface area (Å²) in [6, 6.07) is 1.71. The van der Waals surface area contributed by atoms with Gasteiger partial charge >= 0.3 is 0 Å². The maximum absolute atomic E-state index is 13.5. The van der Waals surface area contributed by atoms with Crippen molar-refractivity contribution in [3.8, 4) is 0 Å². The smallest absolute Gasteiger partial charge is 0.293 e. The second-order valence-electron chi connectivity index (χ2n) is 3.56. The number of amides is 1. The molecule has 0 unspecified atom stereocenters. The Bertz CT molecular complexity index is 492. The second-order valence-corrected chi connectivity index (χ2v) is 3.56. The topological polar surface area (TPSA) is 110 Å². The molecule has 0 aliphatic heterocycles. The van der Waals surface area contributed by atoms with E-state index in [2.05, 4.69) is 0 Å². The van der Waals surface area contributed by atoms with Gasteiger partial charge in [-0.3, -0.25) is 14.9 Å². The van der Waals surface area contributed by atoms with E-state index in [0.717, 1.165) is 17.0 Å². The van der Waals surface area contributed by atoms with Gasteiger partial charge in [0.25, 0.3) is 11.6 Å². The van der Waals surface area contributed by atoms with Gasteiger partial charge in [0.2, 0.25) is 0 Å². The van der Waals surface area contributed by atoms with Crippen molar-refractivity contribution in [3.05, 3.63) is 33.6 Å². The van der Waals surface area contributed by atoms with Crippen LogP contribution in [-0.2, 0) is 0 Å². The average Bonchev–Trinajstić information content (AvgIpc) is 2.28. The van der Waals surface area contributed by atoms with Gasteiger partial charge in [-0.2, -0.15) is 0 Å². The molecular formula is C10H12FN3O4. The van der Waals surface area contributed by atoms with Crippen LogP contribution < -0.4 is 5.73 Å². The second kappa shape index (κ2) is 5.41. The lowest BCUT2D eigenvalue weighted by Gasteiger charge is -2.17. The number of hydrogen-bond acceptors (Lipinski definition) is 5. The van der Waals surface area contributed by atoms with Crippen LogP contribution in [0.2, 0.25) is 0 Å². The van der Waals surface area contributed by atoms with E-state index < -0.39 is 33.6 Å². The van der Waals surface area contributed by atoms with Crippen molar-refractivity contribution in [1.82, 2.24) is 4.90 Å². The Kier molecular flexibility index (Phi) is 4.16. The Morgan fingerprint density at radius 2 is 2.22 bits per heavy atom. The molecule has 0 radical (unpaired) electrons. The fourth-order valence-electron chi connectivity index (χ4n) is 1.40. The van der Waals surface area contributed by atoms with Gasteiger partial charge in [0.05, 0.1) is 11.5 Å². The number of nitrogens with two attached hydrogens (primary N) is 1. The van der Waals surface area contributed by atoms with Gasteiger partial charge in [0.15, 0.2) is 0 Å². The minimum atomic E-state index is -0.937. The number of nitrogens with zero attached hydrogens (tertiary/aromatic N) is 2. The molecule has 1 aromatic carbocycles. The normalized spacial score (nSPS) is 10.2. The van der Waals surface area contributed by atoms with Gasteiger partial charge < -0.3 is 15.7 Å². The molecule has 0 saturated heterocycles. The number of carbonyl (C=O) groups excluding carboxylic acids is 1. The summed E-state index contributed by atoms with van der Waals surface area (Å²) in [6.07, 6.45) is 0. The SMILES string of the molecule is CN(CCO)C(=O)c1c(F)ccc([N+](=O)[O-])c1N. The van der Waals surface area contributed by atoms with E-state index in [9.17, 15) is 19.3 Å². The Morgan fingerprint density at radius 1 is 1.61 bits per heavy atom. The van der Waals surface area contributed by atoms with E-state index in [1.165, 1.54) is 7.05 Å². The van der Waals surface area contributed by atoms with Gasteiger partial charge in [0, 0.05) is 19.7 Å². The Balaban J connectivity index is 3.27. The number of rotatable bonds is 4. The largest absolute Gasteiger partial charge is 0.395 e. The van der Waals surface area contributed by atoms with Crippen LogP contribution >= 0.6 is 0 Å².